The number of nitrogens with zero attached hydrogens (tertiary/aromatic N) is 2. The van der Waals surface area contributed by atoms with E-state index >= 15 is 0 Å². The molecule has 3 aromatic rings. The van der Waals surface area contributed by atoms with Crippen molar-refractivity contribution in [1.29, 1.82) is 0 Å². The summed E-state index contributed by atoms with van der Waals surface area (Å²) in [4.78, 5) is 29.0. The average molecular weight is 635 g/mol. The molecular weight excluding hydrogens is 597 g/mol. The number of hydrogen-bond acceptors (Lipinski definition) is 5. The molecule has 1 atom stereocenters. The summed E-state index contributed by atoms with van der Waals surface area (Å²) in [6.45, 7) is 8.66. The Morgan fingerprint density at radius 1 is 0.952 bits per heavy atom. The van der Waals surface area contributed by atoms with Gasteiger partial charge >= 0.3 is 0 Å². The van der Waals surface area contributed by atoms with E-state index in [-0.39, 0.29) is 23.0 Å². The van der Waals surface area contributed by atoms with Crippen molar-refractivity contribution in [2.75, 3.05) is 18.0 Å². The van der Waals surface area contributed by atoms with Crippen LogP contribution in [0.1, 0.15) is 45.2 Å². The van der Waals surface area contributed by atoms with Gasteiger partial charge in [-0.1, -0.05) is 53.9 Å². The highest BCUT2D eigenvalue weighted by Crippen LogP contribution is 2.28. The van der Waals surface area contributed by atoms with E-state index in [1.807, 2.05) is 27.7 Å². The molecular formula is C31H37Cl2N3O5S. The Kier molecular flexibility index (Phi) is 10.9. The van der Waals surface area contributed by atoms with Crippen LogP contribution in [0.25, 0.3) is 0 Å². The van der Waals surface area contributed by atoms with E-state index in [1.54, 1.807) is 61.5 Å². The molecule has 0 aliphatic rings. The maximum absolute atomic E-state index is 14.2. The second kappa shape index (κ2) is 13.8. The zero-order chi connectivity index (χ0) is 31.2. The van der Waals surface area contributed by atoms with Crippen LogP contribution < -0.4 is 14.4 Å². The normalized spacial score (nSPS) is 12.4. The molecule has 0 saturated carbocycles. The van der Waals surface area contributed by atoms with E-state index in [2.05, 4.69) is 5.32 Å². The summed E-state index contributed by atoms with van der Waals surface area (Å²) in [5.74, 6) is -0.386. The minimum absolute atomic E-state index is 0.00677. The summed E-state index contributed by atoms with van der Waals surface area (Å²) in [6.07, 6.45) is 0.294. The maximum atomic E-state index is 14.2. The number of ether oxygens (including phenoxy) is 1. The van der Waals surface area contributed by atoms with Crippen molar-refractivity contribution in [3.05, 3.63) is 87.9 Å². The van der Waals surface area contributed by atoms with Crippen LogP contribution in [0.4, 0.5) is 5.69 Å². The third-order valence-corrected chi connectivity index (χ3v) is 9.00. The first-order chi connectivity index (χ1) is 19.7. The molecule has 1 N–H and O–H groups in total. The summed E-state index contributed by atoms with van der Waals surface area (Å²) in [6, 6.07) is 16.9. The first kappa shape index (κ1) is 33.2. The van der Waals surface area contributed by atoms with E-state index in [4.69, 9.17) is 27.9 Å². The lowest BCUT2D eigenvalue weighted by Gasteiger charge is -2.34. The molecule has 8 nitrogen and oxygen atoms in total. The number of halogens is 2. The molecule has 0 aliphatic carbocycles. The number of nitrogens with one attached hydrogen (secondary N) is 1. The summed E-state index contributed by atoms with van der Waals surface area (Å²) in [7, 11) is -2.67. The lowest BCUT2D eigenvalue weighted by atomic mass is 10.1. The van der Waals surface area contributed by atoms with Gasteiger partial charge in [0, 0.05) is 12.1 Å². The number of sulfonamides is 1. The van der Waals surface area contributed by atoms with Gasteiger partial charge in [0.25, 0.3) is 10.0 Å². The molecule has 0 bridgehead atoms. The Hall–Kier alpha value is -3.27. The molecule has 0 saturated heterocycles. The molecule has 0 unspecified atom stereocenters. The Bertz CT molecular complexity index is 1510. The highest BCUT2D eigenvalue weighted by molar-refractivity contribution is 7.92. The number of aryl methyl sites for hydroxylation is 1. The zero-order valence-electron chi connectivity index (χ0n) is 24.6. The number of rotatable bonds is 11. The van der Waals surface area contributed by atoms with Crippen LogP contribution in [0.3, 0.4) is 0 Å². The van der Waals surface area contributed by atoms with Gasteiger partial charge in [-0.05, 0) is 88.2 Å². The summed E-state index contributed by atoms with van der Waals surface area (Å²) in [5.41, 5.74) is 1.25. The van der Waals surface area contributed by atoms with Crippen LogP contribution >= 0.6 is 23.2 Å². The average Bonchev–Trinajstić information content (AvgIpc) is 2.92. The monoisotopic (exact) mass is 633 g/mol. The lowest BCUT2D eigenvalue weighted by Crippen LogP contribution is -2.55. The summed E-state index contributed by atoms with van der Waals surface area (Å²) in [5, 5.41) is 3.60. The van der Waals surface area contributed by atoms with Crippen LogP contribution in [0.5, 0.6) is 5.75 Å². The van der Waals surface area contributed by atoms with Crippen LogP contribution in [0.2, 0.25) is 10.0 Å². The fourth-order valence-corrected chi connectivity index (χ4v) is 6.06. The van der Waals surface area contributed by atoms with Gasteiger partial charge in [0.05, 0.1) is 27.7 Å². The molecule has 0 heterocycles. The van der Waals surface area contributed by atoms with Crippen LogP contribution in [0, 0.1) is 6.92 Å². The summed E-state index contributed by atoms with van der Waals surface area (Å²) < 4.78 is 34.2. The highest BCUT2D eigenvalue weighted by atomic mass is 35.5. The molecule has 2 amide bonds. The van der Waals surface area contributed by atoms with Crippen LogP contribution in [0.15, 0.2) is 71.6 Å². The van der Waals surface area contributed by atoms with E-state index in [0.717, 1.165) is 9.87 Å². The van der Waals surface area contributed by atoms with E-state index < -0.39 is 34.1 Å². The maximum Gasteiger partial charge on any atom is 0.264 e. The number of methoxy groups -OCH3 is 1. The van der Waals surface area contributed by atoms with Gasteiger partial charge in [-0.2, -0.15) is 0 Å². The SMILES string of the molecule is CC[C@H](C(=O)NC(C)(C)C)N(Cc1ccc(Cl)c(Cl)c1)C(=O)CN(c1ccc(OC)cc1)S(=O)(=O)c1ccc(C)cc1. The Balaban J connectivity index is 2.09. The number of carbonyl (C=O) groups is 2. The Morgan fingerprint density at radius 3 is 2.10 bits per heavy atom. The molecule has 0 radical (unpaired) electrons. The minimum Gasteiger partial charge on any atom is -0.497 e. The largest absolute Gasteiger partial charge is 0.497 e. The smallest absolute Gasteiger partial charge is 0.264 e. The Morgan fingerprint density at radius 2 is 1.57 bits per heavy atom. The molecule has 3 aromatic carbocycles. The van der Waals surface area contributed by atoms with Crippen molar-refractivity contribution in [1.82, 2.24) is 10.2 Å². The van der Waals surface area contributed by atoms with Crippen molar-refractivity contribution >= 4 is 50.7 Å². The molecule has 0 aromatic heterocycles. The molecule has 0 fully saturated rings. The molecule has 3 rings (SSSR count). The third-order valence-electron chi connectivity index (χ3n) is 6.47. The minimum atomic E-state index is -4.18. The molecule has 226 valence electrons. The standard InChI is InChI=1S/C31H37Cl2N3O5S/c1-7-28(30(38)34-31(3,4)5)35(19-22-10-17-26(32)27(33)18-22)29(37)20-36(23-11-13-24(41-6)14-12-23)42(39,40)25-15-8-21(2)9-16-25/h8-18,28H,7,19-20H2,1-6H3,(H,34,38)/t28-/m1/s1. The van der Waals surface area contributed by atoms with Gasteiger partial charge in [0.15, 0.2) is 0 Å². The van der Waals surface area contributed by atoms with Gasteiger partial charge in [-0.3, -0.25) is 13.9 Å². The zero-order valence-corrected chi connectivity index (χ0v) is 27.0. The lowest BCUT2D eigenvalue weighted by molar-refractivity contribution is -0.141. The highest BCUT2D eigenvalue weighted by Gasteiger charge is 2.34. The van der Waals surface area contributed by atoms with E-state index in [1.165, 1.54) is 24.1 Å². The molecule has 0 aliphatic heterocycles. The molecule has 11 heteroatoms. The third kappa shape index (κ3) is 8.40. The number of amides is 2. The van der Waals surface area contributed by atoms with Gasteiger partial charge in [0.2, 0.25) is 11.8 Å². The van der Waals surface area contributed by atoms with Gasteiger partial charge < -0.3 is 15.0 Å². The number of carbonyl (C=O) groups excluding carboxylic acids is 2. The van der Waals surface area contributed by atoms with Crippen molar-refractivity contribution in [3.63, 3.8) is 0 Å². The predicted molar refractivity (Wildman–Crippen MR) is 168 cm³/mol. The number of anilines is 1. The second-order valence-electron chi connectivity index (χ2n) is 11.0. The topological polar surface area (TPSA) is 96.0 Å². The quantitative estimate of drug-likeness (QED) is 0.270. The van der Waals surface area contributed by atoms with Crippen molar-refractivity contribution < 1.29 is 22.7 Å². The van der Waals surface area contributed by atoms with Crippen LogP contribution in [-0.2, 0) is 26.2 Å². The van der Waals surface area contributed by atoms with Gasteiger partial charge in [-0.15, -0.1) is 0 Å². The Labute approximate surface area is 258 Å². The van der Waals surface area contributed by atoms with Crippen molar-refractivity contribution in [2.24, 2.45) is 0 Å². The number of benzene rings is 3. The fourth-order valence-electron chi connectivity index (χ4n) is 4.32. The first-order valence-electron chi connectivity index (χ1n) is 13.4. The van der Waals surface area contributed by atoms with Crippen molar-refractivity contribution in [2.45, 2.75) is 64.1 Å². The van der Waals surface area contributed by atoms with Crippen molar-refractivity contribution in [3.8, 4) is 5.75 Å². The summed E-state index contributed by atoms with van der Waals surface area (Å²) >= 11 is 12.4. The van der Waals surface area contributed by atoms with E-state index in [9.17, 15) is 18.0 Å². The van der Waals surface area contributed by atoms with Gasteiger partial charge in [0.1, 0.15) is 18.3 Å². The van der Waals surface area contributed by atoms with Crippen LogP contribution in [-0.4, -0.2) is 50.4 Å². The number of hydrogen-bond donors (Lipinski definition) is 1. The van der Waals surface area contributed by atoms with Gasteiger partial charge in [-0.25, -0.2) is 8.42 Å². The second-order valence-corrected chi connectivity index (χ2v) is 13.6. The fraction of sp³-hybridized carbons (Fsp3) is 0.355. The first-order valence-corrected chi connectivity index (χ1v) is 15.6. The molecule has 42 heavy (non-hydrogen) atoms. The van der Waals surface area contributed by atoms with E-state index in [0.29, 0.717) is 27.8 Å². The predicted octanol–water partition coefficient (Wildman–Crippen LogP) is 6.23. The molecule has 0 spiro atoms.